The summed E-state index contributed by atoms with van der Waals surface area (Å²) < 4.78 is 0.739. The molecule has 2 aromatic rings. The molecule has 0 aliphatic rings. The first kappa shape index (κ1) is 9.92. The van der Waals surface area contributed by atoms with E-state index in [-0.39, 0.29) is 11.1 Å². The van der Waals surface area contributed by atoms with E-state index in [1.54, 1.807) is 18.2 Å². The molecule has 1 heterocycles. The van der Waals surface area contributed by atoms with Crippen molar-refractivity contribution in [2.24, 2.45) is 0 Å². The fourth-order valence-corrected chi connectivity index (χ4v) is 1.77. The molecule has 0 amide bonds. The van der Waals surface area contributed by atoms with Gasteiger partial charge < -0.3 is 10.1 Å². The van der Waals surface area contributed by atoms with Gasteiger partial charge in [-0.3, -0.25) is 4.79 Å². The second-order valence-corrected chi connectivity index (χ2v) is 3.94. The summed E-state index contributed by atoms with van der Waals surface area (Å²) in [5, 5.41) is 9.73. The van der Waals surface area contributed by atoms with Crippen LogP contribution in [-0.2, 0) is 0 Å². The standard InChI is InChI=1S/C10H6BrNO3/c11-5-1-2-6-7(3-5)8(10(14)15)4-12-9(6)13/h1-4H,(H,12,13)(H,14,15). The lowest BCUT2D eigenvalue weighted by molar-refractivity contribution is 0.0698. The highest BCUT2D eigenvalue weighted by Gasteiger charge is 2.10. The van der Waals surface area contributed by atoms with Crippen molar-refractivity contribution in [3.8, 4) is 0 Å². The average molecular weight is 268 g/mol. The molecular weight excluding hydrogens is 262 g/mol. The zero-order valence-corrected chi connectivity index (χ0v) is 9.04. The smallest absolute Gasteiger partial charge is 0.337 e. The van der Waals surface area contributed by atoms with Crippen molar-refractivity contribution in [3.05, 3.63) is 44.8 Å². The van der Waals surface area contributed by atoms with Crippen LogP contribution in [0.4, 0.5) is 0 Å². The Hall–Kier alpha value is -1.62. The van der Waals surface area contributed by atoms with Crippen LogP contribution in [0.15, 0.2) is 33.7 Å². The first-order chi connectivity index (χ1) is 7.09. The summed E-state index contributed by atoms with van der Waals surface area (Å²) in [7, 11) is 0. The summed E-state index contributed by atoms with van der Waals surface area (Å²) in [5.74, 6) is -1.06. The quantitative estimate of drug-likeness (QED) is 0.830. The van der Waals surface area contributed by atoms with E-state index >= 15 is 0 Å². The predicted octanol–water partition coefficient (Wildman–Crippen LogP) is 1.99. The number of hydrogen-bond acceptors (Lipinski definition) is 2. The molecule has 0 saturated carbocycles. The number of nitrogens with one attached hydrogen (secondary N) is 1. The summed E-state index contributed by atoms with van der Waals surface area (Å²) >= 11 is 3.24. The monoisotopic (exact) mass is 267 g/mol. The molecule has 0 aliphatic heterocycles. The van der Waals surface area contributed by atoms with Gasteiger partial charge in [-0.2, -0.15) is 0 Å². The number of carbonyl (C=O) groups is 1. The summed E-state index contributed by atoms with van der Waals surface area (Å²) in [6, 6.07) is 4.90. The first-order valence-electron chi connectivity index (χ1n) is 4.14. The molecule has 1 aromatic carbocycles. The van der Waals surface area contributed by atoms with Crippen LogP contribution in [-0.4, -0.2) is 16.1 Å². The molecule has 0 spiro atoms. The zero-order chi connectivity index (χ0) is 11.0. The number of aromatic amines is 1. The van der Waals surface area contributed by atoms with Gasteiger partial charge in [-0.1, -0.05) is 15.9 Å². The number of aromatic nitrogens is 1. The third kappa shape index (κ3) is 1.66. The lowest BCUT2D eigenvalue weighted by Crippen LogP contribution is -2.09. The molecule has 15 heavy (non-hydrogen) atoms. The molecule has 0 unspecified atom stereocenters. The highest BCUT2D eigenvalue weighted by atomic mass is 79.9. The van der Waals surface area contributed by atoms with Crippen LogP contribution in [0.25, 0.3) is 10.8 Å². The molecule has 0 saturated heterocycles. The summed E-state index contributed by atoms with van der Waals surface area (Å²) in [5.41, 5.74) is -0.201. The van der Waals surface area contributed by atoms with E-state index in [1.807, 2.05) is 0 Å². The van der Waals surface area contributed by atoms with Crippen molar-refractivity contribution in [3.63, 3.8) is 0 Å². The van der Waals surface area contributed by atoms with Gasteiger partial charge in [0.25, 0.3) is 5.56 Å². The van der Waals surface area contributed by atoms with Gasteiger partial charge in [0, 0.05) is 21.4 Å². The van der Waals surface area contributed by atoms with Crippen molar-refractivity contribution in [1.29, 1.82) is 0 Å². The van der Waals surface area contributed by atoms with Crippen molar-refractivity contribution >= 4 is 32.7 Å². The number of pyridine rings is 1. The second kappa shape index (κ2) is 3.51. The molecular formula is C10H6BrNO3. The Morgan fingerprint density at radius 1 is 1.33 bits per heavy atom. The van der Waals surface area contributed by atoms with Crippen molar-refractivity contribution in [2.45, 2.75) is 0 Å². The number of carboxylic acids is 1. The molecule has 4 nitrogen and oxygen atoms in total. The third-order valence-corrected chi connectivity index (χ3v) is 2.59. The number of carboxylic acid groups (broad SMARTS) is 1. The summed E-state index contributed by atoms with van der Waals surface area (Å²) in [6.45, 7) is 0. The average Bonchev–Trinajstić information content (AvgIpc) is 2.17. The second-order valence-electron chi connectivity index (χ2n) is 3.03. The highest BCUT2D eigenvalue weighted by Crippen LogP contribution is 2.20. The van der Waals surface area contributed by atoms with Crippen molar-refractivity contribution in [2.75, 3.05) is 0 Å². The van der Waals surface area contributed by atoms with E-state index in [0.717, 1.165) is 4.47 Å². The summed E-state index contributed by atoms with van der Waals surface area (Å²) in [6.07, 6.45) is 1.21. The number of fused-ring (bicyclic) bond motifs is 1. The van der Waals surface area contributed by atoms with E-state index in [1.165, 1.54) is 6.20 Å². The molecule has 76 valence electrons. The Morgan fingerprint density at radius 2 is 2.07 bits per heavy atom. The van der Waals surface area contributed by atoms with Crippen LogP contribution in [0.2, 0.25) is 0 Å². The minimum Gasteiger partial charge on any atom is -0.478 e. The van der Waals surface area contributed by atoms with Gasteiger partial charge in [0.2, 0.25) is 0 Å². The van der Waals surface area contributed by atoms with Crippen molar-refractivity contribution in [1.82, 2.24) is 4.98 Å². The van der Waals surface area contributed by atoms with E-state index < -0.39 is 5.97 Å². The fourth-order valence-electron chi connectivity index (χ4n) is 1.41. The molecule has 0 bridgehead atoms. The van der Waals surface area contributed by atoms with Crippen molar-refractivity contribution < 1.29 is 9.90 Å². The van der Waals surface area contributed by atoms with Gasteiger partial charge in [0.15, 0.2) is 0 Å². The van der Waals surface area contributed by atoms with E-state index in [0.29, 0.717) is 10.8 Å². The van der Waals surface area contributed by atoms with Gasteiger partial charge >= 0.3 is 5.97 Å². The van der Waals surface area contributed by atoms with Gasteiger partial charge in [-0.05, 0) is 18.2 Å². The van der Waals surface area contributed by atoms with Crippen LogP contribution in [0.5, 0.6) is 0 Å². The largest absolute Gasteiger partial charge is 0.478 e. The van der Waals surface area contributed by atoms with Crippen LogP contribution >= 0.6 is 15.9 Å². The number of benzene rings is 1. The molecule has 2 N–H and O–H groups in total. The number of aromatic carboxylic acids is 1. The van der Waals surface area contributed by atoms with Gasteiger partial charge in [0.05, 0.1) is 5.56 Å². The maximum atomic E-state index is 11.4. The SMILES string of the molecule is O=C(O)c1c[nH]c(=O)c2ccc(Br)cc12. The number of rotatable bonds is 1. The zero-order valence-electron chi connectivity index (χ0n) is 7.45. The Labute approximate surface area is 92.7 Å². The third-order valence-electron chi connectivity index (χ3n) is 2.09. The van der Waals surface area contributed by atoms with E-state index in [9.17, 15) is 9.59 Å². The Balaban J connectivity index is 2.96. The molecule has 0 aliphatic carbocycles. The Morgan fingerprint density at radius 3 is 2.73 bits per heavy atom. The Kier molecular flexibility index (Phi) is 2.32. The maximum absolute atomic E-state index is 11.4. The van der Waals surface area contributed by atoms with Crippen LogP contribution in [0.3, 0.4) is 0 Å². The molecule has 0 atom stereocenters. The minimum atomic E-state index is -1.06. The molecule has 1 aromatic heterocycles. The fraction of sp³-hybridized carbons (Fsp3) is 0. The van der Waals surface area contributed by atoms with E-state index in [4.69, 9.17) is 5.11 Å². The Bertz CT molecular complexity index is 603. The van der Waals surface area contributed by atoms with E-state index in [2.05, 4.69) is 20.9 Å². The predicted molar refractivity (Wildman–Crippen MR) is 59.2 cm³/mol. The van der Waals surface area contributed by atoms with Crippen LogP contribution in [0, 0.1) is 0 Å². The number of hydrogen-bond donors (Lipinski definition) is 2. The van der Waals surface area contributed by atoms with Gasteiger partial charge in [-0.25, -0.2) is 4.79 Å². The lowest BCUT2D eigenvalue weighted by Gasteiger charge is -2.01. The highest BCUT2D eigenvalue weighted by molar-refractivity contribution is 9.10. The number of H-pyrrole nitrogens is 1. The topological polar surface area (TPSA) is 70.2 Å². The van der Waals surface area contributed by atoms with Crippen LogP contribution in [0.1, 0.15) is 10.4 Å². The maximum Gasteiger partial charge on any atom is 0.337 e. The molecule has 5 heteroatoms. The number of halogens is 1. The van der Waals surface area contributed by atoms with Gasteiger partial charge in [-0.15, -0.1) is 0 Å². The normalized spacial score (nSPS) is 10.5. The lowest BCUT2D eigenvalue weighted by atomic mass is 10.1. The summed E-state index contributed by atoms with van der Waals surface area (Å²) in [4.78, 5) is 24.7. The molecule has 0 radical (unpaired) electrons. The first-order valence-corrected chi connectivity index (χ1v) is 4.93. The van der Waals surface area contributed by atoms with Crippen LogP contribution < -0.4 is 5.56 Å². The molecule has 2 rings (SSSR count). The molecule has 0 fully saturated rings. The van der Waals surface area contributed by atoms with Gasteiger partial charge in [0.1, 0.15) is 0 Å². The minimum absolute atomic E-state index is 0.0888.